The summed E-state index contributed by atoms with van der Waals surface area (Å²) in [5.74, 6) is 0.0769. The van der Waals surface area contributed by atoms with Gasteiger partial charge in [-0.3, -0.25) is 0 Å². The Morgan fingerprint density at radius 2 is 2.14 bits per heavy atom. The summed E-state index contributed by atoms with van der Waals surface area (Å²) < 4.78 is 23.2. The van der Waals surface area contributed by atoms with Crippen molar-refractivity contribution in [1.82, 2.24) is 0 Å². The minimum Gasteiger partial charge on any atom is -0.493 e. The number of nitrogens with zero attached hydrogens (tertiary/aromatic N) is 1. The van der Waals surface area contributed by atoms with E-state index in [2.05, 4.69) is 0 Å². The zero-order chi connectivity index (χ0) is 10.6. The highest BCUT2D eigenvalue weighted by molar-refractivity contribution is 5.47. The van der Waals surface area contributed by atoms with E-state index in [9.17, 15) is 4.39 Å². The van der Waals surface area contributed by atoms with Crippen LogP contribution in [0.4, 0.5) is 4.39 Å². The van der Waals surface area contributed by atoms with Gasteiger partial charge < -0.3 is 9.47 Å². The van der Waals surface area contributed by atoms with Crippen molar-refractivity contribution < 1.29 is 13.9 Å². The topological polar surface area (TPSA) is 42.2 Å². The van der Waals surface area contributed by atoms with Gasteiger partial charge in [-0.15, -0.1) is 0 Å². The van der Waals surface area contributed by atoms with E-state index in [-0.39, 0.29) is 5.56 Å². The quantitative estimate of drug-likeness (QED) is 0.741. The maximum Gasteiger partial charge on any atom is 0.164 e. The molecular weight excluding hydrogens is 185 g/mol. The Balaban J connectivity index is 3.18. The van der Waals surface area contributed by atoms with Crippen LogP contribution in [0.5, 0.6) is 11.5 Å². The summed E-state index contributed by atoms with van der Waals surface area (Å²) in [6.07, 6.45) is 0. The molecule has 0 aromatic heterocycles. The van der Waals surface area contributed by atoms with Crippen LogP contribution in [0.25, 0.3) is 0 Å². The van der Waals surface area contributed by atoms with Crippen molar-refractivity contribution >= 4 is 0 Å². The van der Waals surface area contributed by atoms with Gasteiger partial charge in [-0.1, -0.05) is 0 Å². The van der Waals surface area contributed by atoms with Crippen molar-refractivity contribution in [1.29, 1.82) is 5.26 Å². The van der Waals surface area contributed by atoms with Crippen molar-refractivity contribution in [3.8, 4) is 17.6 Å². The number of hydrogen-bond donors (Lipinski definition) is 0. The number of benzene rings is 1. The van der Waals surface area contributed by atoms with Gasteiger partial charge in [0.25, 0.3) is 0 Å². The number of ether oxygens (including phenoxy) is 2. The van der Waals surface area contributed by atoms with Gasteiger partial charge in [0.15, 0.2) is 11.5 Å². The van der Waals surface area contributed by atoms with Gasteiger partial charge in [0.1, 0.15) is 11.9 Å². The number of halogens is 1. The molecule has 0 aliphatic rings. The van der Waals surface area contributed by atoms with E-state index in [1.807, 2.05) is 0 Å². The predicted octanol–water partition coefficient (Wildman–Crippen LogP) is 2.10. The number of hydrogen-bond acceptors (Lipinski definition) is 3. The van der Waals surface area contributed by atoms with Gasteiger partial charge in [-0.05, 0) is 6.92 Å². The molecule has 0 unspecified atom stereocenters. The standard InChI is InChI=1S/C10H10FNO2/c1-3-14-10-5-8(11)7(6-12)4-9(10)13-2/h4-5H,3H2,1-2H3. The molecule has 74 valence electrons. The maximum absolute atomic E-state index is 13.1. The molecule has 0 aliphatic heterocycles. The van der Waals surface area contributed by atoms with E-state index in [0.29, 0.717) is 18.1 Å². The van der Waals surface area contributed by atoms with Crippen molar-refractivity contribution in [3.63, 3.8) is 0 Å². The summed E-state index contributed by atoms with van der Waals surface area (Å²) in [6.45, 7) is 2.21. The van der Waals surface area contributed by atoms with Crippen LogP contribution in [0.3, 0.4) is 0 Å². The molecule has 4 heteroatoms. The van der Waals surface area contributed by atoms with Crippen LogP contribution in [0.1, 0.15) is 12.5 Å². The van der Waals surface area contributed by atoms with Crippen molar-refractivity contribution in [2.45, 2.75) is 6.92 Å². The minimum atomic E-state index is -0.600. The number of nitriles is 1. The Hall–Kier alpha value is -1.76. The lowest BCUT2D eigenvalue weighted by Crippen LogP contribution is -1.97. The molecule has 1 aromatic carbocycles. The first-order valence-electron chi connectivity index (χ1n) is 4.13. The fourth-order valence-corrected chi connectivity index (χ4v) is 1.05. The van der Waals surface area contributed by atoms with Crippen LogP contribution < -0.4 is 9.47 Å². The van der Waals surface area contributed by atoms with Crippen LogP contribution in [0.15, 0.2) is 12.1 Å². The van der Waals surface area contributed by atoms with Crippen molar-refractivity contribution in [2.24, 2.45) is 0 Å². The lowest BCUT2D eigenvalue weighted by atomic mass is 10.2. The van der Waals surface area contributed by atoms with Crippen LogP contribution in [0, 0.1) is 17.1 Å². The summed E-state index contributed by atoms with van der Waals surface area (Å²) >= 11 is 0. The molecule has 0 bridgehead atoms. The molecule has 1 rings (SSSR count). The maximum atomic E-state index is 13.1. The van der Waals surface area contributed by atoms with Crippen molar-refractivity contribution in [2.75, 3.05) is 13.7 Å². The fraction of sp³-hybridized carbons (Fsp3) is 0.300. The summed E-state index contributed by atoms with van der Waals surface area (Å²) in [6, 6.07) is 4.20. The van der Waals surface area contributed by atoms with Gasteiger partial charge >= 0.3 is 0 Å². The molecule has 0 saturated heterocycles. The molecule has 1 aromatic rings. The van der Waals surface area contributed by atoms with Gasteiger partial charge in [0, 0.05) is 12.1 Å². The molecule has 0 saturated carbocycles. The van der Waals surface area contributed by atoms with Crippen molar-refractivity contribution in [3.05, 3.63) is 23.5 Å². The molecule has 0 spiro atoms. The normalized spacial score (nSPS) is 9.29. The first-order valence-corrected chi connectivity index (χ1v) is 4.13. The summed E-state index contributed by atoms with van der Waals surface area (Å²) in [5, 5.41) is 8.57. The first kappa shape index (κ1) is 10.3. The van der Waals surface area contributed by atoms with Gasteiger partial charge in [0.2, 0.25) is 0 Å². The minimum absolute atomic E-state index is 0.0506. The average molecular weight is 195 g/mol. The predicted molar refractivity (Wildman–Crippen MR) is 48.8 cm³/mol. The summed E-state index contributed by atoms with van der Waals surface area (Å²) in [7, 11) is 1.44. The van der Waals surface area contributed by atoms with E-state index in [1.165, 1.54) is 13.2 Å². The summed E-state index contributed by atoms with van der Waals surface area (Å²) in [5.41, 5.74) is -0.0506. The Labute approximate surface area is 81.7 Å². The Morgan fingerprint density at radius 1 is 1.43 bits per heavy atom. The van der Waals surface area contributed by atoms with Gasteiger partial charge in [-0.25, -0.2) is 4.39 Å². The molecule has 0 radical (unpaired) electrons. The van der Waals surface area contributed by atoms with Crippen LogP contribution >= 0.6 is 0 Å². The SMILES string of the molecule is CCOc1cc(F)c(C#N)cc1OC. The van der Waals surface area contributed by atoms with E-state index in [4.69, 9.17) is 14.7 Å². The number of methoxy groups -OCH3 is 1. The molecule has 0 atom stereocenters. The Bertz CT molecular complexity index is 371. The Morgan fingerprint density at radius 3 is 2.64 bits per heavy atom. The summed E-state index contributed by atoms with van der Waals surface area (Å²) in [4.78, 5) is 0. The molecule has 0 fully saturated rings. The van der Waals surface area contributed by atoms with E-state index < -0.39 is 5.82 Å². The third kappa shape index (κ3) is 1.94. The van der Waals surface area contributed by atoms with Gasteiger partial charge in [0.05, 0.1) is 19.3 Å². The molecule has 0 heterocycles. The molecule has 14 heavy (non-hydrogen) atoms. The molecule has 0 aliphatic carbocycles. The van der Waals surface area contributed by atoms with Gasteiger partial charge in [-0.2, -0.15) is 5.26 Å². The second-order valence-corrected chi connectivity index (χ2v) is 2.53. The highest BCUT2D eigenvalue weighted by Gasteiger charge is 2.10. The lowest BCUT2D eigenvalue weighted by Gasteiger charge is -2.09. The highest BCUT2D eigenvalue weighted by Crippen LogP contribution is 2.29. The smallest absolute Gasteiger partial charge is 0.164 e. The second kappa shape index (κ2) is 4.47. The lowest BCUT2D eigenvalue weighted by molar-refractivity contribution is 0.309. The van der Waals surface area contributed by atoms with Crippen LogP contribution in [-0.2, 0) is 0 Å². The molecule has 0 N–H and O–H groups in total. The average Bonchev–Trinajstić information content (AvgIpc) is 2.19. The highest BCUT2D eigenvalue weighted by atomic mass is 19.1. The zero-order valence-corrected chi connectivity index (χ0v) is 8.00. The third-order valence-corrected chi connectivity index (χ3v) is 1.67. The second-order valence-electron chi connectivity index (χ2n) is 2.53. The fourth-order valence-electron chi connectivity index (χ4n) is 1.05. The van der Waals surface area contributed by atoms with Crippen LogP contribution in [-0.4, -0.2) is 13.7 Å². The Kier molecular flexibility index (Phi) is 3.29. The third-order valence-electron chi connectivity index (χ3n) is 1.67. The molecule has 3 nitrogen and oxygen atoms in total. The van der Waals surface area contributed by atoms with E-state index in [1.54, 1.807) is 13.0 Å². The molecule has 0 amide bonds. The van der Waals surface area contributed by atoms with E-state index >= 15 is 0 Å². The zero-order valence-electron chi connectivity index (χ0n) is 8.00. The largest absolute Gasteiger partial charge is 0.493 e. The number of rotatable bonds is 3. The van der Waals surface area contributed by atoms with E-state index in [0.717, 1.165) is 6.07 Å². The molecular formula is C10H10FNO2. The first-order chi connectivity index (χ1) is 6.72. The monoisotopic (exact) mass is 195 g/mol. The van der Waals surface area contributed by atoms with Crippen LogP contribution in [0.2, 0.25) is 0 Å².